The lowest BCUT2D eigenvalue weighted by atomic mass is 10.2. The molecule has 22 heavy (non-hydrogen) atoms. The standard InChI is InChI=1S/C18H14O4/c19-16-10-6-15(7-11-16)9-13-18(21)22-17(20)12-8-14-4-2-1-3-5-14/h1-13,19H. The third-order valence-corrected chi connectivity index (χ3v) is 2.72. The molecule has 0 aliphatic heterocycles. The molecule has 0 saturated heterocycles. The van der Waals surface area contributed by atoms with Crippen LogP contribution in [-0.4, -0.2) is 17.0 Å². The minimum absolute atomic E-state index is 0.140. The summed E-state index contributed by atoms with van der Waals surface area (Å²) in [6, 6.07) is 15.5. The summed E-state index contributed by atoms with van der Waals surface area (Å²) in [5.74, 6) is -1.35. The van der Waals surface area contributed by atoms with E-state index in [0.29, 0.717) is 5.56 Å². The Kier molecular flexibility index (Phi) is 5.26. The van der Waals surface area contributed by atoms with Crippen molar-refractivity contribution in [3.05, 3.63) is 77.9 Å². The molecule has 0 aliphatic rings. The molecule has 0 aliphatic carbocycles. The third-order valence-electron chi connectivity index (χ3n) is 2.72. The summed E-state index contributed by atoms with van der Waals surface area (Å²) < 4.78 is 4.62. The van der Waals surface area contributed by atoms with Gasteiger partial charge in [0, 0.05) is 12.2 Å². The fourth-order valence-corrected chi connectivity index (χ4v) is 1.65. The van der Waals surface area contributed by atoms with Crippen LogP contribution in [-0.2, 0) is 14.3 Å². The Labute approximate surface area is 128 Å². The first-order chi connectivity index (χ1) is 10.6. The van der Waals surface area contributed by atoms with E-state index in [9.17, 15) is 9.59 Å². The summed E-state index contributed by atoms with van der Waals surface area (Å²) >= 11 is 0. The average molecular weight is 294 g/mol. The van der Waals surface area contributed by atoms with Crippen LogP contribution in [0.15, 0.2) is 66.7 Å². The van der Waals surface area contributed by atoms with E-state index < -0.39 is 11.9 Å². The highest BCUT2D eigenvalue weighted by Gasteiger charge is 2.03. The number of hydrogen-bond acceptors (Lipinski definition) is 4. The molecule has 0 spiro atoms. The van der Waals surface area contributed by atoms with Gasteiger partial charge in [0.05, 0.1) is 0 Å². The zero-order valence-corrected chi connectivity index (χ0v) is 11.7. The number of phenolic OH excluding ortho intramolecular Hbond substituents is 1. The lowest BCUT2D eigenvalue weighted by Crippen LogP contribution is -2.06. The van der Waals surface area contributed by atoms with Crippen LogP contribution in [0.4, 0.5) is 0 Å². The molecule has 2 rings (SSSR count). The first kappa shape index (κ1) is 15.3. The molecule has 2 aromatic rings. The molecule has 4 nitrogen and oxygen atoms in total. The number of carbonyl (C=O) groups is 2. The number of phenols is 1. The molecule has 0 atom stereocenters. The van der Waals surface area contributed by atoms with Crippen LogP contribution in [0.3, 0.4) is 0 Å². The molecule has 0 amide bonds. The lowest BCUT2D eigenvalue weighted by molar-refractivity contribution is -0.152. The number of carbonyl (C=O) groups excluding carboxylic acids is 2. The topological polar surface area (TPSA) is 63.6 Å². The molecule has 1 N–H and O–H groups in total. The smallest absolute Gasteiger partial charge is 0.338 e. The van der Waals surface area contributed by atoms with E-state index >= 15 is 0 Å². The highest BCUT2D eigenvalue weighted by atomic mass is 16.6. The highest BCUT2D eigenvalue weighted by Crippen LogP contribution is 2.10. The van der Waals surface area contributed by atoms with Gasteiger partial charge >= 0.3 is 11.9 Å². The maximum atomic E-state index is 11.5. The minimum atomic E-state index is -0.754. The highest BCUT2D eigenvalue weighted by molar-refractivity contribution is 5.99. The molecule has 0 saturated carbocycles. The zero-order chi connectivity index (χ0) is 15.8. The number of rotatable bonds is 4. The van der Waals surface area contributed by atoms with E-state index in [1.165, 1.54) is 24.3 Å². The summed E-state index contributed by atoms with van der Waals surface area (Å²) in [5.41, 5.74) is 1.55. The molecular weight excluding hydrogens is 280 g/mol. The Bertz CT molecular complexity index is 698. The van der Waals surface area contributed by atoms with E-state index in [1.807, 2.05) is 30.3 Å². The number of ether oxygens (including phenoxy) is 1. The molecular formula is C18H14O4. The Morgan fingerprint density at radius 2 is 1.27 bits per heavy atom. The van der Waals surface area contributed by atoms with Crippen molar-refractivity contribution in [1.82, 2.24) is 0 Å². The SMILES string of the molecule is O=C(C=Cc1ccccc1)OC(=O)C=Cc1ccc(O)cc1. The second-order valence-electron chi connectivity index (χ2n) is 4.41. The average Bonchev–Trinajstić information content (AvgIpc) is 2.53. The van der Waals surface area contributed by atoms with E-state index in [1.54, 1.807) is 18.2 Å². The van der Waals surface area contributed by atoms with Crippen molar-refractivity contribution in [3.8, 4) is 5.75 Å². The molecule has 0 bridgehead atoms. The van der Waals surface area contributed by atoms with Crippen molar-refractivity contribution >= 4 is 24.1 Å². The molecule has 110 valence electrons. The Balaban J connectivity index is 1.87. The summed E-state index contributed by atoms with van der Waals surface area (Å²) in [6.45, 7) is 0. The molecule has 0 heterocycles. The van der Waals surface area contributed by atoms with Gasteiger partial charge in [0.15, 0.2) is 0 Å². The Hall–Kier alpha value is -3.14. The molecule has 2 aromatic carbocycles. The fraction of sp³-hybridized carbons (Fsp3) is 0. The van der Waals surface area contributed by atoms with Crippen LogP contribution in [0.2, 0.25) is 0 Å². The van der Waals surface area contributed by atoms with E-state index in [0.717, 1.165) is 11.6 Å². The van der Waals surface area contributed by atoms with Gasteiger partial charge in [0.25, 0.3) is 0 Å². The van der Waals surface area contributed by atoms with Gasteiger partial charge < -0.3 is 9.84 Å². The Morgan fingerprint density at radius 3 is 1.82 bits per heavy atom. The zero-order valence-electron chi connectivity index (χ0n) is 11.7. The molecule has 0 fully saturated rings. The van der Waals surface area contributed by atoms with Crippen molar-refractivity contribution in [2.24, 2.45) is 0 Å². The van der Waals surface area contributed by atoms with Crippen molar-refractivity contribution in [2.75, 3.05) is 0 Å². The summed E-state index contributed by atoms with van der Waals surface area (Å²) in [7, 11) is 0. The fourth-order valence-electron chi connectivity index (χ4n) is 1.65. The van der Waals surface area contributed by atoms with Gasteiger partial charge in [-0.3, -0.25) is 0 Å². The van der Waals surface area contributed by atoms with Gasteiger partial charge in [-0.05, 0) is 35.4 Å². The van der Waals surface area contributed by atoms with Gasteiger partial charge in [0.1, 0.15) is 5.75 Å². The van der Waals surface area contributed by atoms with Gasteiger partial charge in [-0.25, -0.2) is 9.59 Å². The van der Waals surface area contributed by atoms with E-state index in [4.69, 9.17) is 5.11 Å². The lowest BCUT2D eigenvalue weighted by Gasteiger charge is -1.96. The molecule has 4 heteroatoms. The van der Waals surface area contributed by atoms with Gasteiger partial charge in [-0.1, -0.05) is 42.5 Å². The first-order valence-electron chi connectivity index (χ1n) is 6.59. The van der Waals surface area contributed by atoms with Crippen LogP contribution in [0.5, 0.6) is 5.75 Å². The van der Waals surface area contributed by atoms with Gasteiger partial charge in [-0.15, -0.1) is 0 Å². The summed E-state index contributed by atoms with van der Waals surface area (Å²) in [4.78, 5) is 23.0. The number of hydrogen-bond donors (Lipinski definition) is 1. The largest absolute Gasteiger partial charge is 0.508 e. The second kappa shape index (κ2) is 7.59. The number of esters is 2. The van der Waals surface area contributed by atoms with Gasteiger partial charge in [0.2, 0.25) is 0 Å². The summed E-state index contributed by atoms with van der Waals surface area (Å²) in [5, 5.41) is 9.14. The quantitative estimate of drug-likeness (QED) is 0.534. The number of benzene rings is 2. The first-order valence-corrected chi connectivity index (χ1v) is 6.59. The monoisotopic (exact) mass is 294 g/mol. The van der Waals surface area contributed by atoms with Crippen molar-refractivity contribution in [1.29, 1.82) is 0 Å². The molecule has 0 radical (unpaired) electrons. The van der Waals surface area contributed by atoms with Crippen LogP contribution in [0.25, 0.3) is 12.2 Å². The van der Waals surface area contributed by atoms with Crippen molar-refractivity contribution in [3.63, 3.8) is 0 Å². The second-order valence-corrected chi connectivity index (χ2v) is 4.41. The molecule has 0 aromatic heterocycles. The van der Waals surface area contributed by atoms with Gasteiger partial charge in [-0.2, -0.15) is 0 Å². The van der Waals surface area contributed by atoms with Crippen LogP contribution >= 0.6 is 0 Å². The van der Waals surface area contributed by atoms with E-state index in [-0.39, 0.29) is 5.75 Å². The predicted octanol–water partition coefficient (Wildman–Crippen LogP) is 3.19. The maximum absolute atomic E-state index is 11.5. The molecule has 0 unspecified atom stereocenters. The van der Waals surface area contributed by atoms with E-state index in [2.05, 4.69) is 4.74 Å². The van der Waals surface area contributed by atoms with Crippen LogP contribution in [0, 0.1) is 0 Å². The normalized spacial score (nSPS) is 10.9. The minimum Gasteiger partial charge on any atom is -0.508 e. The third kappa shape index (κ3) is 5.09. The Morgan fingerprint density at radius 1 is 0.773 bits per heavy atom. The summed E-state index contributed by atoms with van der Waals surface area (Å²) in [6.07, 6.45) is 5.41. The number of aromatic hydroxyl groups is 1. The predicted molar refractivity (Wildman–Crippen MR) is 83.7 cm³/mol. The van der Waals surface area contributed by atoms with Crippen LogP contribution in [0.1, 0.15) is 11.1 Å². The van der Waals surface area contributed by atoms with Crippen molar-refractivity contribution in [2.45, 2.75) is 0 Å². The maximum Gasteiger partial charge on any atom is 0.338 e. The van der Waals surface area contributed by atoms with Crippen molar-refractivity contribution < 1.29 is 19.4 Å². The van der Waals surface area contributed by atoms with Crippen LogP contribution < -0.4 is 0 Å².